The fourth-order valence-corrected chi connectivity index (χ4v) is 6.10. The third-order valence-electron chi connectivity index (χ3n) is 8.39. The van der Waals surface area contributed by atoms with Crippen molar-refractivity contribution in [2.24, 2.45) is 0 Å². The second-order valence-electron chi connectivity index (χ2n) is 12.0. The number of fused-ring (bicyclic) bond motifs is 3. The molecular formula is C46H50. The van der Waals surface area contributed by atoms with Crippen molar-refractivity contribution in [3.05, 3.63) is 202 Å². The molecule has 0 nitrogen and oxygen atoms in total. The first kappa shape index (κ1) is 34.2. The number of hydrogen-bond acceptors (Lipinski definition) is 0. The molecular weight excluding hydrogens is 553 g/mol. The van der Waals surface area contributed by atoms with Crippen LogP contribution in [0.3, 0.4) is 0 Å². The minimum atomic E-state index is -0.263. The fourth-order valence-electron chi connectivity index (χ4n) is 6.10. The first-order valence-electron chi connectivity index (χ1n) is 16.9. The summed E-state index contributed by atoms with van der Waals surface area (Å²) in [5.74, 6) is 0. The van der Waals surface area contributed by atoms with E-state index in [-0.39, 0.29) is 5.41 Å². The molecule has 0 unspecified atom stereocenters. The molecule has 0 heteroatoms. The van der Waals surface area contributed by atoms with Crippen LogP contribution in [0.25, 0.3) is 11.1 Å². The molecule has 0 N–H and O–H groups in total. The molecule has 1 aliphatic carbocycles. The Morgan fingerprint density at radius 1 is 0.391 bits per heavy atom. The first-order valence-corrected chi connectivity index (χ1v) is 16.9. The zero-order valence-electron chi connectivity index (χ0n) is 28.6. The number of hydrogen-bond donors (Lipinski definition) is 0. The van der Waals surface area contributed by atoms with Gasteiger partial charge in [0.05, 0.1) is 5.41 Å². The molecule has 0 saturated carbocycles. The van der Waals surface area contributed by atoms with Crippen molar-refractivity contribution >= 4 is 0 Å². The van der Waals surface area contributed by atoms with Gasteiger partial charge in [-0.1, -0.05) is 203 Å². The molecule has 0 aliphatic heterocycles. The van der Waals surface area contributed by atoms with Crippen molar-refractivity contribution in [2.75, 3.05) is 0 Å². The molecule has 0 aromatic heterocycles. The molecule has 0 spiro atoms. The number of aryl methyl sites for hydroxylation is 4. The quantitative estimate of drug-likeness (QED) is 0.188. The molecule has 6 aromatic rings. The smallest absolute Gasteiger partial charge is 0.0656 e. The van der Waals surface area contributed by atoms with Crippen molar-refractivity contribution in [3.8, 4) is 11.1 Å². The summed E-state index contributed by atoms with van der Waals surface area (Å²) in [5.41, 5.74) is 13.3. The van der Waals surface area contributed by atoms with Gasteiger partial charge in [-0.15, -0.1) is 0 Å². The Morgan fingerprint density at radius 3 is 1.30 bits per heavy atom. The second-order valence-corrected chi connectivity index (χ2v) is 12.0. The SMILES string of the molecule is CCC.CCc1ccc(C)cc1.CCc1ccccc1.Cc1ccc2c(c1)C(c1ccccc1)(c1ccccc1)c1ccccc1-2. The van der Waals surface area contributed by atoms with E-state index in [1.807, 2.05) is 6.07 Å². The van der Waals surface area contributed by atoms with Gasteiger partial charge < -0.3 is 0 Å². The van der Waals surface area contributed by atoms with Gasteiger partial charge in [-0.2, -0.15) is 0 Å². The monoisotopic (exact) mass is 602 g/mol. The van der Waals surface area contributed by atoms with E-state index in [1.54, 1.807) is 0 Å². The average molecular weight is 603 g/mol. The standard InChI is InChI=1S/C26H20.C9H12.C8H10.C3H8/c1-19-16-17-23-22-14-8-9-15-24(22)26(25(23)18-19,20-10-4-2-5-11-20)21-12-6-3-7-13-21;1-3-9-6-4-8(2)5-7-9;1-2-8-6-4-3-5-7-8;1-3-2/h2-18H,1H3;4-7H,3H2,1-2H3;3-7H,2H2,1H3;3H2,1-2H3. The average Bonchev–Trinajstić information content (AvgIpc) is 3.41. The van der Waals surface area contributed by atoms with Crippen molar-refractivity contribution in [3.63, 3.8) is 0 Å². The molecule has 46 heavy (non-hydrogen) atoms. The van der Waals surface area contributed by atoms with E-state index >= 15 is 0 Å². The molecule has 0 saturated heterocycles. The largest absolute Gasteiger partial charge is 0.0713 e. The summed E-state index contributed by atoms with van der Waals surface area (Å²) in [7, 11) is 0. The Morgan fingerprint density at radius 2 is 0.804 bits per heavy atom. The van der Waals surface area contributed by atoms with E-state index in [0.29, 0.717) is 0 Å². The van der Waals surface area contributed by atoms with Gasteiger partial charge in [-0.05, 0) is 71.2 Å². The van der Waals surface area contributed by atoms with Crippen LogP contribution in [0.15, 0.2) is 158 Å². The van der Waals surface area contributed by atoms with Crippen molar-refractivity contribution in [1.82, 2.24) is 0 Å². The highest BCUT2D eigenvalue weighted by Crippen LogP contribution is 2.56. The molecule has 234 valence electrons. The van der Waals surface area contributed by atoms with Gasteiger partial charge in [0.15, 0.2) is 0 Å². The topological polar surface area (TPSA) is 0 Å². The van der Waals surface area contributed by atoms with Gasteiger partial charge in [0.1, 0.15) is 0 Å². The Kier molecular flexibility index (Phi) is 12.7. The third kappa shape index (κ3) is 7.93. The van der Waals surface area contributed by atoms with Crippen LogP contribution < -0.4 is 0 Å². The maximum atomic E-state index is 2.37. The summed E-state index contributed by atoms with van der Waals surface area (Å²) in [5, 5.41) is 0. The van der Waals surface area contributed by atoms with Crippen molar-refractivity contribution < 1.29 is 0 Å². The van der Waals surface area contributed by atoms with E-state index in [9.17, 15) is 0 Å². The van der Waals surface area contributed by atoms with Gasteiger partial charge in [-0.3, -0.25) is 0 Å². The lowest BCUT2D eigenvalue weighted by Crippen LogP contribution is -2.28. The van der Waals surface area contributed by atoms with Crippen LogP contribution in [0, 0.1) is 13.8 Å². The summed E-state index contributed by atoms with van der Waals surface area (Å²) in [4.78, 5) is 0. The molecule has 0 atom stereocenters. The first-order chi connectivity index (χ1) is 22.5. The van der Waals surface area contributed by atoms with Gasteiger partial charge >= 0.3 is 0 Å². The molecule has 6 aromatic carbocycles. The van der Waals surface area contributed by atoms with Gasteiger partial charge in [0.25, 0.3) is 0 Å². The van der Waals surface area contributed by atoms with Crippen molar-refractivity contribution in [2.45, 2.75) is 66.2 Å². The fraction of sp³-hybridized carbons (Fsp3) is 0.217. The highest BCUT2D eigenvalue weighted by molar-refractivity contribution is 5.86. The van der Waals surface area contributed by atoms with Crippen LogP contribution in [0.4, 0.5) is 0 Å². The minimum Gasteiger partial charge on any atom is -0.0656 e. The Labute approximate surface area is 278 Å². The Balaban J connectivity index is 0.000000196. The zero-order valence-corrected chi connectivity index (χ0v) is 28.6. The predicted octanol–water partition coefficient (Wildman–Crippen LogP) is 12.6. The van der Waals surface area contributed by atoms with Crippen LogP contribution >= 0.6 is 0 Å². The van der Waals surface area contributed by atoms with Gasteiger partial charge in [0.2, 0.25) is 0 Å². The van der Waals surface area contributed by atoms with Crippen LogP contribution in [-0.2, 0) is 18.3 Å². The normalized spacial score (nSPS) is 11.7. The lowest BCUT2D eigenvalue weighted by atomic mass is 9.67. The van der Waals surface area contributed by atoms with E-state index < -0.39 is 0 Å². The highest BCUT2D eigenvalue weighted by atomic mass is 14.5. The summed E-state index contributed by atoms with van der Waals surface area (Å²) < 4.78 is 0. The van der Waals surface area contributed by atoms with E-state index in [1.165, 1.54) is 62.1 Å². The van der Waals surface area contributed by atoms with Crippen LogP contribution in [0.5, 0.6) is 0 Å². The zero-order chi connectivity index (χ0) is 32.8. The van der Waals surface area contributed by atoms with E-state index in [2.05, 4.69) is 193 Å². The highest BCUT2D eigenvalue weighted by Gasteiger charge is 2.45. The molecule has 7 rings (SSSR count). The summed E-state index contributed by atoms with van der Waals surface area (Å²) in [6.45, 7) is 12.9. The van der Waals surface area contributed by atoms with Crippen LogP contribution in [0.1, 0.15) is 78.6 Å². The third-order valence-corrected chi connectivity index (χ3v) is 8.39. The maximum Gasteiger partial charge on any atom is 0.0713 e. The molecule has 1 aliphatic rings. The second kappa shape index (κ2) is 17.1. The summed E-state index contributed by atoms with van der Waals surface area (Å²) in [6.07, 6.45) is 3.53. The molecule has 0 fully saturated rings. The van der Waals surface area contributed by atoms with Gasteiger partial charge in [-0.25, -0.2) is 0 Å². The van der Waals surface area contributed by atoms with E-state index in [0.717, 1.165) is 12.8 Å². The van der Waals surface area contributed by atoms with Crippen LogP contribution in [0.2, 0.25) is 0 Å². The molecule has 0 amide bonds. The Bertz CT molecular complexity index is 1690. The number of rotatable bonds is 4. The molecule has 0 radical (unpaired) electrons. The Hall–Kier alpha value is -4.68. The molecule has 0 bridgehead atoms. The van der Waals surface area contributed by atoms with Crippen molar-refractivity contribution in [1.29, 1.82) is 0 Å². The predicted molar refractivity (Wildman–Crippen MR) is 201 cm³/mol. The van der Waals surface area contributed by atoms with Gasteiger partial charge in [0, 0.05) is 0 Å². The minimum absolute atomic E-state index is 0.263. The lowest BCUT2D eigenvalue weighted by Gasteiger charge is -2.34. The lowest BCUT2D eigenvalue weighted by molar-refractivity contribution is 0.767. The summed E-state index contributed by atoms with van der Waals surface area (Å²) >= 11 is 0. The molecule has 0 heterocycles. The van der Waals surface area contributed by atoms with E-state index in [4.69, 9.17) is 0 Å². The number of benzene rings is 6. The maximum absolute atomic E-state index is 2.37. The van der Waals surface area contributed by atoms with Crippen LogP contribution in [-0.4, -0.2) is 0 Å². The summed E-state index contributed by atoms with van der Waals surface area (Å²) in [6, 6.07) is 56.7.